The number of hydrogen-bond donors (Lipinski definition) is 2. The monoisotopic (exact) mass is 967 g/mol. The summed E-state index contributed by atoms with van der Waals surface area (Å²) < 4.78 is 49.9. The highest BCUT2D eigenvalue weighted by atomic mass is 32.2. The number of nitrogens with one attached hydrogen (secondary N) is 2. The molecule has 3 unspecified atom stereocenters. The maximum Gasteiger partial charge on any atom is 0.249 e. The van der Waals surface area contributed by atoms with Crippen LogP contribution in [0.5, 0.6) is 5.75 Å². The molecule has 2 bridgehead atoms. The second-order valence-electron chi connectivity index (χ2n) is 19.2. The molecule has 70 heavy (non-hydrogen) atoms. The Bertz CT molecular complexity index is 3130. The predicted octanol–water partition coefficient (Wildman–Crippen LogP) is 5.06. The van der Waals surface area contributed by atoms with E-state index in [0.29, 0.717) is 88.7 Å². The predicted molar refractivity (Wildman–Crippen MR) is 259 cm³/mol. The molecule has 6 fully saturated rings. The molecule has 0 spiro atoms. The van der Waals surface area contributed by atoms with Crippen molar-refractivity contribution in [1.82, 2.24) is 44.5 Å². The van der Waals surface area contributed by atoms with Gasteiger partial charge < -0.3 is 19.9 Å². The normalized spacial score (nSPS) is 23.2. The van der Waals surface area contributed by atoms with Crippen molar-refractivity contribution in [3.8, 4) is 34.3 Å². The second kappa shape index (κ2) is 18.4. The van der Waals surface area contributed by atoms with Crippen molar-refractivity contribution in [3.63, 3.8) is 0 Å². The highest BCUT2D eigenvalue weighted by Gasteiger charge is 2.45. The van der Waals surface area contributed by atoms with E-state index in [4.69, 9.17) is 19.8 Å². The summed E-state index contributed by atoms with van der Waals surface area (Å²) in [6, 6.07) is 17.2. The van der Waals surface area contributed by atoms with Crippen molar-refractivity contribution in [1.29, 1.82) is 5.26 Å². The number of sulfone groups is 1. The van der Waals surface area contributed by atoms with Gasteiger partial charge in [0.1, 0.15) is 40.6 Å². The SMILES string of the molecule is COc1cc(N2CCN(C3CCC(n4cc(-c5cn6ncc(C#N)c6c(-c6ccc(N7CC8CC(C7)N8Cc7ccccc7S(C)(=O)=O)nc6)n5)cn4)CC3)CC2)c(F)cc1NC1CCC(=O)NC1=O. The number of halogens is 1. The number of amides is 2. The van der Waals surface area contributed by atoms with Crippen LogP contribution < -0.4 is 25.2 Å². The highest BCUT2D eigenvalue weighted by molar-refractivity contribution is 7.90. The molecule has 362 valence electrons. The number of methoxy groups -OCH3 is 1. The van der Waals surface area contributed by atoms with Crippen LogP contribution in [0.2, 0.25) is 0 Å². The van der Waals surface area contributed by atoms with Gasteiger partial charge >= 0.3 is 0 Å². The first kappa shape index (κ1) is 45.5. The molecule has 6 aliphatic rings. The molecule has 9 heterocycles. The summed E-state index contributed by atoms with van der Waals surface area (Å²) in [7, 11) is -1.81. The number of hydrogen-bond acceptors (Lipinski definition) is 15. The third kappa shape index (κ3) is 8.70. The molecule has 1 aliphatic carbocycles. The number of piperazine rings is 2. The Morgan fingerprint density at radius 3 is 2.37 bits per heavy atom. The molecular formula is C50H54FN13O5S. The minimum atomic E-state index is -3.33. The second-order valence-corrected chi connectivity index (χ2v) is 21.2. The maximum atomic E-state index is 15.6. The van der Waals surface area contributed by atoms with Crippen molar-refractivity contribution < 1.29 is 27.1 Å². The number of rotatable bonds is 12. The Morgan fingerprint density at radius 2 is 1.66 bits per heavy atom. The topological polar surface area (TPSA) is 199 Å². The Balaban J connectivity index is 0.719. The van der Waals surface area contributed by atoms with Crippen LogP contribution in [0.4, 0.5) is 21.6 Å². The van der Waals surface area contributed by atoms with E-state index in [1.54, 1.807) is 28.9 Å². The van der Waals surface area contributed by atoms with Gasteiger partial charge in [-0.15, -0.1) is 0 Å². The number of imide groups is 1. The zero-order valence-corrected chi connectivity index (χ0v) is 39.9. The Hall–Kier alpha value is -6.95. The quantitative estimate of drug-likeness (QED) is 0.154. The molecule has 5 saturated heterocycles. The molecule has 18 nitrogen and oxygen atoms in total. The highest BCUT2D eigenvalue weighted by Crippen LogP contribution is 2.39. The third-order valence-corrected chi connectivity index (χ3v) is 16.2. The number of nitriles is 1. The van der Waals surface area contributed by atoms with Crippen LogP contribution in [-0.4, -0.2) is 136 Å². The lowest BCUT2D eigenvalue weighted by Crippen LogP contribution is -2.68. The van der Waals surface area contributed by atoms with Gasteiger partial charge in [0.05, 0.1) is 59.4 Å². The van der Waals surface area contributed by atoms with Crippen molar-refractivity contribution >= 4 is 44.4 Å². The van der Waals surface area contributed by atoms with E-state index in [0.717, 1.165) is 80.8 Å². The average Bonchev–Trinajstić information content (AvgIpc) is 4.05. The van der Waals surface area contributed by atoms with Crippen LogP contribution in [0.15, 0.2) is 84.4 Å². The summed E-state index contributed by atoms with van der Waals surface area (Å²) in [6.07, 6.45) is 15.9. The summed E-state index contributed by atoms with van der Waals surface area (Å²) in [5.41, 5.74) is 5.60. The lowest BCUT2D eigenvalue weighted by atomic mass is 9.86. The van der Waals surface area contributed by atoms with Gasteiger partial charge in [-0.25, -0.2) is 27.3 Å². The molecule has 3 atom stereocenters. The van der Waals surface area contributed by atoms with Gasteiger partial charge in [-0.3, -0.25) is 29.4 Å². The average molecular weight is 968 g/mol. The molecule has 1 saturated carbocycles. The van der Waals surface area contributed by atoms with Crippen molar-refractivity contribution in [2.75, 3.05) is 67.8 Å². The van der Waals surface area contributed by atoms with Gasteiger partial charge in [-0.2, -0.15) is 15.5 Å². The summed E-state index contributed by atoms with van der Waals surface area (Å²) in [4.78, 5) is 43.6. The first-order valence-electron chi connectivity index (χ1n) is 24.0. The van der Waals surface area contributed by atoms with E-state index in [-0.39, 0.29) is 18.4 Å². The fourth-order valence-corrected chi connectivity index (χ4v) is 12.2. The van der Waals surface area contributed by atoms with E-state index < -0.39 is 27.6 Å². The largest absolute Gasteiger partial charge is 0.495 e. The van der Waals surface area contributed by atoms with Crippen molar-refractivity contribution in [2.45, 2.75) is 86.6 Å². The number of carbonyl (C=O) groups excluding carboxylic acids is 2. The fourth-order valence-electron chi connectivity index (χ4n) is 11.2. The molecule has 20 heteroatoms. The van der Waals surface area contributed by atoms with E-state index >= 15 is 4.39 Å². The van der Waals surface area contributed by atoms with E-state index in [9.17, 15) is 23.3 Å². The van der Waals surface area contributed by atoms with Crippen molar-refractivity contribution in [3.05, 3.63) is 96.5 Å². The molecule has 6 aromatic rings. The van der Waals surface area contributed by atoms with E-state index in [1.807, 2.05) is 47.8 Å². The smallest absolute Gasteiger partial charge is 0.249 e. The lowest BCUT2D eigenvalue weighted by molar-refractivity contribution is -0.133. The van der Waals surface area contributed by atoms with Crippen LogP contribution in [0, 0.1) is 17.1 Å². The summed E-state index contributed by atoms with van der Waals surface area (Å²) >= 11 is 0. The van der Waals surface area contributed by atoms with Gasteiger partial charge in [0.2, 0.25) is 11.8 Å². The number of piperidine rings is 2. The molecule has 0 radical (unpaired) electrons. The van der Waals surface area contributed by atoms with Gasteiger partial charge in [-0.1, -0.05) is 18.2 Å². The Kier molecular flexibility index (Phi) is 12.0. The number of pyridine rings is 1. The number of ether oxygens (including phenoxy) is 1. The van der Waals surface area contributed by atoms with Crippen LogP contribution >= 0.6 is 0 Å². The number of anilines is 3. The maximum absolute atomic E-state index is 15.6. The van der Waals surface area contributed by atoms with Crippen LogP contribution in [0.1, 0.15) is 62.1 Å². The van der Waals surface area contributed by atoms with Gasteiger partial charge in [0.25, 0.3) is 0 Å². The van der Waals surface area contributed by atoms with Crippen molar-refractivity contribution in [2.24, 2.45) is 0 Å². The molecule has 2 aromatic carbocycles. The first-order chi connectivity index (χ1) is 33.9. The van der Waals surface area contributed by atoms with Crippen LogP contribution in [-0.2, 0) is 26.0 Å². The number of nitrogens with zero attached hydrogens (tertiary/aromatic N) is 11. The van der Waals surface area contributed by atoms with Crippen LogP contribution in [0.25, 0.3) is 28.0 Å². The standard InChI is InChI=1S/C50H54FN13O5S/c1-69-44-21-43(39(51)20-41(44)56-40-12-14-47(65)58-50(40)66)60-17-15-59(16-18-60)35-8-10-36(11-9-35)63-27-34(25-54-63)42-30-64-49(33(22-52)24-55-64)48(57-42)31-7-13-46(53-23-31)61-28-37-19-38(29-61)62(37)26-32-5-3-4-6-45(32)70(2,67)68/h3-7,13,20-21,23-25,27,30,35-38,40,56H,8-12,14-19,26,28-29H2,1-2H3,(H,58,65,66). The van der Waals surface area contributed by atoms with Crippen LogP contribution in [0.3, 0.4) is 0 Å². The zero-order chi connectivity index (χ0) is 48.3. The third-order valence-electron chi connectivity index (χ3n) is 15.0. The lowest BCUT2D eigenvalue weighted by Gasteiger charge is -2.56. The first-order valence-corrected chi connectivity index (χ1v) is 25.8. The fraction of sp³-hybridized carbons (Fsp3) is 0.420. The molecule has 2 N–H and O–H groups in total. The molecule has 4 aromatic heterocycles. The molecule has 5 aliphatic heterocycles. The number of benzene rings is 2. The number of fused-ring (bicyclic) bond motifs is 3. The number of carbonyl (C=O) groups is 2. The van der Waals surface area contributed by atoms with E-state index in [1.165, 1.54) is 19.4 Å². The van der Waals surface area contributed by atoms with Gasteiger partial charge in [0, 0.05) is 112 Å². The number of aromatic nitrogens is 6. The van der Waals surface area contributed by atoms with Gasteiger partial charge in [-0.05, 0) is 62.3 Å². The Labute approximate surface area is 405 Å². The summed E-state index contributed by atoms with van der Waals surface area (Å²) in [5, 5.41) is 24.8. The minimum absolute atomic E-state index is 0.216. The summed E-state index contributed by atoms with van der Waals surface area (Å²) in [6.45, 7) is 5.12. The van der Waals surface area contributed by atoms with E-state index in [2.05, 4.69) is 47.4 Å². The Morgan fingerprint density at radius 1 is 0.886 bits per heavy atom. The van der Waals surface area contributed by atoms with Gasteiger partial charge in [0.15, 0.2) is 9.84 Å². The molecule has 12 rings (SSSR count). The molecular weight excluding hydrogens is 914 g/mol. The summed E-state index contributed by atoms with van der Waals surface area (Å²) in [5.74, 6) is 0.156. The zero-order valence-electron chi connectivity index (χ0n) is 39.0. The minimum Gasteiger partial charge on any atom is -0.495 e. The molecule has 2 amide bonds.